The molecular formula is C21H27N3O5. The van der Waals surface area contributed by atoms with E-state index in [0.29, 0.717) is 5.56 Å². The lowest BCUT2D eigenvalue weighted by Crippen LogP contribution is -2.42. The van der Waals surface area contributed by atoms with Crippen LogP contribution in [0.25, 0.3) is 5.57 Å². The molecule has 3 rings (SSSR count). The Balaban J connectivity index is 1.99. The number of likely N-dealkylation sites (N-methyl/N-ethyl adjacent to an activating group) is 1. The minimum absolute atomic E-state index is 0.0757. The van der Waals surface area contributed by atoms with Crippen molar-refractivity contribution in [1.29, 1.82) is 0 Å². The van der Waals surface area contributed by atoms with Gasteiger partial charge in [0.05, 0.1) is 17.1 Å². The third-order valence-electron chi connectivity index (χ3n) is 5.71. The zero-order valence-corrected chi connectivity index (χ0v) is 16.7. The standard InChI is InChI=1S/C21H27N3O5/c1-22(13-14-25)19-18(15-9-11-17(12-10-15)24(28)29)20(26)23(21(19)27)16-7-5-3-2-4-6-8-16/h9-12,16,25H,2-8,13-14H2,1H3. The topological polar surface area (TPSA) is 104 Å². The number of imide groups is 1. The van der Waals surface area contributed by atoms with Gasteiger partial charge in [-0.3, -0.25) is 24.6 Å². The fourth-order valence-electron chi connectivity index (χ4n) is 4.19. The molecule has 0 unspecified atom stereocenters. The average molecular weight is 401 g/mol. The van der Waals surface area contributed by atoms with E-state index in [1.165, 1.54) is 35.6 Å². The maximum absolute atomic E-state index is 13.4. The zero-order chi connectivity index (χ0) is 21.0. The summed E-state index contributed by atoms with van der Waals surface area (Å²) in [6, 6.07) is 5.55. The summed E-state index contributed by atoms with van der Waals surface area (Å²) in [5, 5.41) is 20.3. The SMILES string of the molecule is CN(CCO)C1=C(c2ccc([N+](=O)[O-])cc2)C(=O)N(C2CCCCCCC2)C1=O. The Morgan fingerprint density at radius 1 is 1.07 bits per heavy atom. The molecule has 29 heavy (non-hydrogen) atoms. The molecule has 1 aliphatic heterocycles. The number of nitro groups is 1. The molecule has 0 bridgehead atoms. The van der Waals surface area contributed by atoms with Gasteiger partial charge in [-0.05, 0) is 30.5 Å². The smallest absolute Gasteiger partial charge is 0.278 e. The van der Waals surface area contributed by atoms with Crippen molar-refractivity contribution in [2.24, 2.45) is 0 Å². The molecule has 2 aliphatic rings. The minimum Gasteiger partial charge on any atom is -0.395 e. The Morgan fingerprint density at radius 2 is 1.66 bits per heavy atom. The van der Waals surface area contributed by atoms with Gasteiger partial charge in [0.15, 0.2) is 0 Å². The number of aliphatic hydroxyl groups is 1. The van der Waals surface area contributed by atoms with E-state index in [1.54, 1.807) is 11.9 Å². The lowest BCUT2D eigenvalue weighted by Gasteiger charge is -2.29. The van der Waals surface area contributed by atoms with Gasteiger partial charge in [0, 0.05) is 31.8 Å². The quantitative estimate of drug-likeness (QED) is 0.446. The van der Waals surface area contributed by atoms with E-state index in [9.17, 15) is 24.8 Å². The Labute approximate surface area is 169 Å². The molecule has 8 heteroatoms. The molecule has 0 atom stereocenters. The van der Waals surface area contributed by atoms with Gasteiger partial charge in [0.2, 0.25) is 0 Å². The van der Waals surface area contributed by atoms with E-state index in [-0.39, 0.29) is 48.0 Å². The Kier molecular flexibility index (Phi) is 6.64. The maximum atomic E-state index is 13.4. The highest BCUT2D eigenvalue weighted by Gasteiger charge is 2.43. The van der Waals surface area contributed by atoms with Crippen LogP contribution in [-0.2, 0) is 9.59 Å². The third kappa shape index (κ3) is 4.32. The van der Waals surface area contributed by atoms with Gasteiger partial charge in [-0.2, -0.15) is 0 Å². The van der Waals surface area contributed by atoms with E-state index in [2.05, 4.69) is 0 Å². The Morgan fingerprint density at radius 3 is 2.21 bits per heavy atom. The predicted octanol–water partition coefficient (Wildman–Crippen LogP) is 2.71. The van der Waals surface area contributed by atoms with E-state index in [1.807, 2.05) is 0 Å². The lowest BCUT2D eigenvalue weighted by atomic mass is 9.95. The van der Waals surface area contributed by atoms with Crippen LogP contribution in [0.15, 0.2) is 30.0 Å². The van der Waals surface area contributed by atoms with Crippen molar-refractivity contribution < 1.29 is 19.6 Å². The van der Waals surface area contributed by atoms with Crippen LogP contribution in [0.4, 0.5) is 5.69 Å². The molecule has 1 aliphatic carbocycles. The van der Waals surface area contributed by atoms with Gasteiger partial charge >= 0.3 is 0 Å². The molecule has 1 saturated carbocycles. The highest BCUT2D eigenvalue weighted by Crippen LogP contribution is 2.35. The number of nitro benzene ring substituents is 1. The Hall–Kier alpha value is -2.74. The van der Waals surface area contributed by atoms with E-state index < -0.39 is 4.92 Å². The van der Waals surface area contributed by atoms with Crippen LogP contribution in [0.2, 0.25) is 0 Å². The van der Waals surface area contributed by atoms with Gasteiger partial charge in [-0.1, -0.05) is 32.1 Å². The maximum Gasteiger partial charge on any atom is 0.278 e. The molecular weight excluding hydrogens is 374 g/mol. The molecule has 0 radical (unpaired) electrons. The van der Waals surface area contributed by atoms with Crippen molar-refractivity contribution in [3.63, 3.8) is 0 Å². The second-order valence-electron chi connectivity index (χ2n) is 7.65. The zero-order valence-electron chi connectivity index (χ0n) is 16.7. The van der Waals surface area contributed by atoms with Crippen molar-refractivity contribution in [3.05, 3.63) is 45.6 Å². The summed E-state index contributed by atoms with van der Waals surface area (Å²) < 4.78 is 0. The van der Waals surface area contributed by atoms with Crippen molar-refractivity contribution in [2.75, 3.05) is 20.2 Å². The monoisotopic (exact) mass is 401 g/mol. The third-order valence-corrected chi connectivity index (χ3v) is 5.71. The first kappa shape index (κ1) is 21.0. The molecule has 0 saturated heterocycles. The summed E-state index contributed by atoms with van der Waals surface area (Å²) >= 11 is 0. The van der Waals surface area contributed by atoms with Crippen molar-refractivity contribution >= 4 is 23.1 Å². The summed E-state index contributed by atoms with van der Waals surface area (Å²) in [6.45, 7) is 0.0573. The average Bonchev–Trinajstić information content (AvgIpc) is 2.93. The number of carbonyl (C=O) groups excluding carboxylic acids is 2. The molecule has 1 N–H and O–H groups in total. The summed E-state index contributed by atoms with van der Waals surface area (Å²) in [5.74, 6) is -0.695. The molecule has 1 aromatic rings. The van der Waals surface area contributed by atoms with Gasteiger partial charge in [-0.25, -0.2) is 0 Å². The molecule has 1 heterocycles. The normalized spacial score (nSPS) is 18.8. The molecule has 1 fully saturated rings. The van der Waals surface area contributed by atoms with Crippen LogP contribution in [0.3, 0.4) is 0 Å². The predicted molar refractivity (Wildman–Crippen MR) is 108 cm³/mol. The van der Waals surface area contributed by atoms with Gasteiger partial charge < -0.3 is 10.0 Å². The van der Waals surface area contributed by atoms with E-state index in [4.69, 9.17) is 0 Å². The summed E-state index contributed by atoms with van der Waals surface area (Å²) in [5.41, 5.74) is 0.901. The van der Waals surface area contributed by atoms with Crippen LogP contribution in [0, 0.1) is 10.1 Å². The first-order valence-electron chi connectivity index (χ1n) is 10.1. The van der Waals surface area contributed by atoms with Crippen molar-refractivity contribution in [3.8, 4) is 0 Å². The number of carbonyl (C=O) groups is 2. The summed E-state index contributed by atoms with van der Waals surface area (Å²) in [6.07, 6.45) is 6.95. The van der Waals surface area contributed by atoms with Gasteiger partial charge in [-0.15, -0.1) is 0 Å². The number of aliphatic hydroxyl groups excluding tert-OH is 1. The Bertz CT molecular complexity index is 810. The number of non-ortho nitro benzene ring substituents is 1. The summed E-state index contributed by atoms with van der Waals surface area (Å²) in [7, 11) is 1.67. The van der Waals surface area contributed by atoms with Crippen molar-refractivity contribution in [2.45, 2.75) is 51.0 Å². The molecule has 156 valence electrons. The lowest BCUT2D eigenvalue weighted by molar-refractivity contribution is -0.384. The molecule has 8 nitrogen and oxygen atoms in total. The van der Waals surface area contributed by atoms with E-state index in [0.717, 1.165) is 38.5 Å². The highest BCUT2D eigenvalue weighted by molar-refractivity contribution is 6.35. The van der Waals surface area contributed by atoms with Gasteiger partial charge in [0.1, 0.15) is 5.70 Å². The second-order valence-corrected chi connectivity index (χ2v) is 7.65. The number of hydrogen-bond donors (Lipinski definition) is 1. The van der Waals surface area contributed by atoms with Crippen LogP contribution >= 0.6 is 0 Å². The van der Waals surface area contributed by atoms with Crippen LogP contribution in [-0.4, -0.2) is 57.9 Å². The largest absolute Gasteiger partial charge is 0.395 e. The number of nitrogens with zero attached hydrogens (tertiary/aromatic N) is 3. The molecule has 0 aromatic heterocycles. The van der Waals surface area contributed by atoms with E-state index >= 15 is 0 Å². The molecule has 2 amide bonds. The molecule has 1 aromatic carbocycles. The van der Waals surface area contributed by atoms with Crippen LogP contribution in [0.5, 0.6) is 0 Å². The van der Waals surface area contributed by atoms with Gasteiger partial charge in [0.25, 0.3) is 17.5 Å². The summed E-state index contributed by atoms with van der Waals surface area (Å²) in [4.78, 5) is 40.1. The highest BCUT2D eigenvalue weighted by atomic mass is 16.6. The number of hydrogen-bond acceptors (Lipinski definition) is 6. The van der Waals surface area contributed by atoms with Crippen LogP contribution < -0.4 is 0 Å². The van der Waals surface area contributed by atoms with Crippen molar-refractivity contribution in [1.82, 2.24) is 9.80 Å². The fourth-order valence-corrected chi connectivity index (χ4v) is 4.19. The first-order valence-corrected chi connectivity index (χ1v) is 10.1. The number of amides is 2. The second kappa shape index (κ2) is 9.17. The first-order chi connectivity index (χ1) is 14.0. The van der Waals surface area contributed by atoms with Crippen LogP contribution in [0.1, 0.15) is 50.5 Å². The number of benzene rings is 1. The minimum atomic E-state index is -0.501. The number of rotatable bonds is 6. The fraction of sp³-hybridized carbons (Fsp3) is 0.524. The molecule has 0 spiro atoms.